The maximum atomic E-state index is 11.1. The molecular formula is C26H33N3O4S. The second-order valence-corrected chi connectivity index (χ2v) is 10.6. The van der Waals surface area contributed by atoms with Crippen molar-refractivity contribution in [1.29, 1.82) is 0 Å². The van der Waals surface area contributed by atoms with Gasteiger partial charge in [-0.25, -0.2) is 14.3 Å². The van der Waals surface area contributed by atoms with E-state index in [1.54, 1.807) is 33.5 Å². The Morgan fingerprint density at radius 2 is 1.35 bits per heavy atom. The molecule has 3 atom stereocenters. The summed E-state index contributed by atoms with van der Waals surface area (Å²) in [7, 11) is 2.49. The van der Waals surface area contributed by atoms with Gasteiger partial charge >= 0.3 is 0 Å². The molecule has 0 radical (unpaired) electrons. The summed E-state index contributed by atoms with van der Waals surface area (Å²) in [5, 5.41) is 21.8. The first kappa shape index (κ1) is 25.8. The first-order valence-corrected chi connectivity index (χ1v) is 12.3. The number of aromatic nitrogens is 2. The van der Waals surface area contributed by atoms with Crippen LogP contribution in [-0.4, -0.2) is 49.0 Å². The van der Waals surface area contributed by atoms with Crippen molar-refractivity contribution in [3.63, 3.8) is 0 Å². The van der Waals surface area contributed by atoms with E-state index in [0.29, 0.717) is 18.9 Å². The van der Waals surface area contributed by atoms with E-state index in [1.807, 2.05) is 62.4 Å². The van der Waals surface area contributed by atoms with Crippen LogP contribution >= 0.6 is 10.7 Å². The van der Waals surface area contributed by atoms with E-state index in [1.165, 1.54) is 0 Å². The van der Waals surface area contributed by atoms with Gasteiger partial charge in [0.2, 0.25) is 0 Å². The molecule has 0 aliphatic heterocycles. The minimum Gasteiger partial charge on any atom is -0.497 e. The maximum Gasteiger partial charge on any atom is 0.157 e. The average molecular weight is 484 g/mol. The van der Waals surface area contributed by atoms with Crippen molar-refractivity contribution in [3.05, 3.63) is 83.4 Å². The first-order valence-electron chi connectivity index (χ1n) is 11.1. The van der Waals surface area contributed by atoms with Gasteiger partial charge < -0.3 is 19.7 Å². The van der Waals surface area contributed by atoms with Crippen molar-refractivity contribution < 1.29 is 19.7 Å². The van der Waals surface area contributed by atoms with Crippen LogP contribution in [0.5, 0.6) is 11.5 Å². The molecule has 0 amide bonds. The normalized spacial score (nSPS) is 14.4. The number of rotatable bonds is 10. The highest BCUT2D eigenvalue weighted by Crippen LogP contribution is 2.37. The van der Waals surface area contributed by atoms with Crippen LogP contribution in [0.25, 0.3) is 0 Å². The Morgan fingerprint density at radius 3 is 1.74 bits per heavy atom. The minimum atomic E-state index is -0.930. The van der Waals surface area contributed by atoms with E-state index < -0.39 is 16.8 Å². The number of hydrogen-bond acceptors (Lipinski definition) is 6. The maximum absolute atomic E-state index is 11.1. The summed E-state index contributed by atoms with van der Waals surface area (Å²) in [6, 6.07) is 15.7. The summed E-state index contributed by atoms with van der Waals surface area (Å²) in [4.78, 5) is 8.63. The molecule has 1 aromatic heterocycles. The van der Waals surface area contributed by atoms with Gasteiger partial charge in [-0.1, -0.05) is 34.9 Å². The fourth-order valence-electron chi connectivity index (χ4n) is 3.64. The highest BCUT2D eigenvalue weighted by Gasteiger charge is 2.28. The van der Waals surface area contributed by atoms with Crippen LogP contribution in [0.3, 0.4) is 0 Å². The van der Waals surface area contributed by atoms with Gasteiger partial charge in [-0.2, -0.15) is 0 Å². The highest BCUT2D eigenvalue weighted by atomic mass is 32.2. The molecule has 0 saturated heterocycles. The number of aliphatic hydroxyl groups is 2. The molecule has 0 spiro atoms. The van der Waals surface area contributed by atoms with Gasteiger partial charge in [-0.05, 0) is 61.7 Å². The Hall–Kier alpha value is -2.78. The number of hydrogen-bond donors (Lipinski definition) is 2. The van der Waals surface area contributed by atoms with E-state index in [-0.39, 0.29) is 10.3 Å². The van der Waals surface area contributed by atoms with Crippen LogP contribution in [-0.2, 0) is 13.1 Å². The Labute approximate surface area is 204 Å². The SMILES string of the molecule is COc1ccc(CN(Cc2ccc(OC)cc2)/S(=C(/C)O)[C@H](C)[C@H](O)c2ncc(C)cn2)cc1. The molecule has 3 rings (SSSR count). The summed E-state index contributed by atoms with van der Waals surface area (Å²) in [6.07, 6.45) is 2.46. The third-order valence-electron chi connectivity index (χ3n) is 5.48. The molecule has 3 aromatic rings. The van der Waals surface area contributed by atoms with Crippen molar-refractivity contribution in [2.45, 2.75) is 45.2 Å². The molecule has 0 aliphatic carbocycles. The molecule has 2 aromatic carbocycles. The van der Waals surface area contributed by atoms with Crippen molar-refractivity contribution >= 4 is 15.7 Å². The van der Waals surface area contributed by atoms with Gasteiger partial charge in [-0.15, -0.1) is 0 Å². The zero-order valence-electron chi connectivity index (χ0n) is 20.3. The molecule has 0 aliphatic rings. The van der Waals surface area contributed by atoms with Crippen molar-refractivity contribution in [3.8, 4) is 11.5 Å². The lowest BCUT2D eigenvalue weighted by atomic mass is 10.2. The second kappa shape index (κ2) is 12.1. The predicted molar refractivity (Wildman–Crippen MR) is 137 cm³/mol. The van der Waals surface area contributed by atoms with Crippen LogP contribution in [0, 0.1) is 6.92 Å². The van der Waals surface area contributed by atoms with Crippen molar-refractivity contribution in [2.75, 3.05) is 14.2 Å². The van der Waals surface area contributed by atoms with Gasteiger partial charge in [0.15, 0.2) is 5.82 Å². The van der Waals surface area contributed by atoms with Crippen LogP contribution in [0.15, 0.2) is 60.9 Å². The Balaban J connectivity index is 1.95. The second-order valence-electron chi connectivity index (χ2n) is 8.10. The van der Waals surface area contributed by atoms with Crippen molar-refractivity contribution in [2.24, 2.45) is 0 Å². The third kappa shape index (κ3) is 6.64. The first-order chi connectivity index (χ1) is 16.3. The Kier molecular flexibility index (Phi) is 9.18. The topological polar surface area (TPSA) is 87.9 Å². The Bertz CT molecular complexity index is 1030. The van der Waals surface area contributed by atoms with Crippen molar-refractivity contribution in [1.82, 2.24) is 14.3 Å². The van der Waals surface area contributed by atoms with Crippen LogP contribution in [0.1, 0.15) is 42.5 Å². The summed E-state index contributed by atoms with van der Waals surface area (Å²) >= 11 is 0. The molecule has 1 heterocycles. The lowest BCUT2D eigenvalue weighted by Crippen LogP contribution is -2.28. The van der Waals surface area contributed by atoms with E-state index in [9.17, 15) is 10.2 Å². The van der Waals surface area contributed by atoms with Gasteiger partial charge in [-0.3, -0.25) is 0 Å². The molecule has 0 bridgehead atoms. The summed E-state index contributed by atoms with van der Waals surface area (Å²) in [5.41, 5.74) is 3.07. The monoisotopic (exact) mass is 483 g/mol. The van der Waals surface area contributed by atoms with E-state index in [4.69, 9.17) is 9.47 Å². The molecule has 0 fully saturated rings. The van der Waals surface area contributed by atoms with Gasteiger partial charge in [0.1, 0.15) is 17.6 Å². The molecular weight excluding hydrogens is 450 g/mol. The van der Waals surface area contributed by atoms with Gasteiger partial charge in [0, 0.05) is 30.7 Å². The summed E-state index contributed by atoms with van der Waals surface area (Å²) in [5.74, 6) is 1.93. The lowest BCUT2D eigenvalue weighted by molar-refractivity contribution is 0.167. The molecule has 34 heavy (non-hydrogen) atoms. The molecule has 2 N–H and O–H groups in total. The van der Waals surface area contributed by atoms with Gasteiger partial charge in [0.05, 0.1) is 19.3 Å². The molecule has 0 saturated carbocycles. The average Bonchev–Trinajstić information content (AvgIpc) is 2.84. The number of aliphatic hydroxyl groups excluding tert-OH is 2. The lowest BCUT2D eigenvalue weighted by Gasteiger charge is -2.33. The molecule has 1 unspecified atom stereocenters. The zero-order chi connectivity index (χ0) is 24.7. The number of benzene rings is 2. The number of nitrogens with zero attached hydrogens (tertiary/aromatic N) is 3. The Morgan fingerprint density at radius 1 is 0.912 bits per heavy atom. The number of aryl methyl sites for hydroxylation is 1. The summed E-state index contributed by atoms with van der Waals surface area (Å²) in [6.45, 7) is 6.66. The quantitative estimate of drug-likeness (QED) is 0.400. The van der Waals surface area contributed by atoms with Crippen LogP contribution in [0.4, 0.5) is 0 Å². The number of ether oxygens (including phenoxy) is 2. The fourth-order valence-corrected chi connectivity index (χ4v) is 5.97. The van der Waals surface area contributed by atoms with E-state index in [0.717, 1.165) is 28.2 Å². The smallest absolute Gasteiger partial charge is 0.157 e. The predicted octanol–water partition coefficient (Wildman–Crippen LogP) is 4.82. The van der Waals surface area contributed by atoms with E-state index >= 15 is 0 Å². The zero-order valence-corrected chi connectivity index (χ0v) is 21.1. The summed E-state index contributed by atoms with van der Waals surface area (Å²) < 4.78 is 12.8. The standard InChI is InChI=1S/C26H33N3O4S/c1-18-14-27-26(28-15-18)25(31)19(2)34(20(3)30)29(16-21-6-10-23(32-4)11-7-21)17-22-8-12-24(33-5)13-9-22/h6-15,19,25,30-31H,16-17H2,1-5H3/t19-,25+,34?/m1/s1. The highest BCUT2D eigenvalue weighted by molar-refractivity contribution is 8.14. The van der Waals surface area contributed by atoms with Gasteiger partial charge in [0.25, 0.3) is 0 Å². The minimum absolute atomic E-state index is 0.251. The molecule has 8 heteroatoms. The largest absolute Gasteiger partial charge is 0.497 e. The third-order valence-corrected chi connectivity index (χ3v) is 7.86. The fraction of sp³-hybridized carbons (Fsp3) is 0.346. The van der Waals surface area contributed by atoms with Crippen LogP contribution in [0.2, 0.25) is 0 Å². The molecule has 7 nitrogen and oxygen atoms in total. The molecule has 182 valence electrons. The number of methoxy groups -OCH3 is 2. The van der Waals surface area contributed by atoms with Crippen LogP contribution < -0.4 is 9.47 Å². The van der Waals surface area contributed by atoms with E-state index in [2.05, 4.69) is 14.3 Å².